The average Bonchev–Trinajstić information content (AvgIpc) is 3.17. The molecule has 2 aliphatic rings. The third kappa shape index (κ3) is 7.82. The minimum absolute atomic E-state index is 0.00697. The lowest BCUT2D eigenvalue weighted by Crippen LogP contribution is -2.55. The molecule has 0 saturated carbocycles. The maximum Gasteiger partial charge on any atom is 0.423 e. The highest BCUT2D eigenvalue weighted by molar-refractivity contribution is 5.76. The molecule has 1 fully saturated rings. The summed E-state index contributed by atoms with van der Waals surface area (Å²) < 4.78 is 91.5. The third-order valence-corrected chi connectivity index (χ3v) is 7.46. The van der Waals surface area contributed by atoms with Gasteiger partial charge < -0.3 is 24.6 Å². The van der Waals surface area contributed by atoms with E-state index in [1.165, 1.54) is 0 Å². The van der Waals surface area contributed by atoms with E-state index in [-0.39, 0.29) is 50.4 Å². The van der Waals surface area contributed by atoms with Crippen molar-refractivity contribution in [2.24, 2.45) is 0 Å². The monoisotopic (exact) mass is 641 g/mol. The Morgan fingerprint density at radius 3 is 2.71 bits per heavy atom. The number of ether oxygens (including phenoxy) is 2. The molecule has 3 aromatic rings. The molecule has 2 N–H and O–H groups in total. The molecule has 5 heterocycles. The smallest absolute Gasteiger partial charge is 0.423 e. The molecule has 2 atom stereocenters. The third-order valence-electron chi connectivity index (χ3n) is 7.46. The van der Waals surface area contributed by atoms with E-state index in [4.69, 9.17) is 9.47 Å². The van der Waals surface area contributed by atoms with Crippen LogP contribution in [0.5, 0.6) is 5.75 Å². The van der Waals surface area contributed by atoms with E-state index >= 15 is 0 Å². The molecule has 0 spiro atoms. The molecule has 0 radical (unpaired) electrons. The lowest BCUT2D eigenvalue weighted by atomic mass is 10.1. The predicted octanol–water partition coefficient (Wildman–Crippen LogP) is 3.53. The first kappa shape index (κ1) is 32.0. The highest BCUT2D eigenvalue weighted by atomic mass is 19.4. The van der Waals surface area contributed by atoms with Crippen LogP contribution >= 0.6 is 0 Å². The number of carbonyl (C=O) groups excluding carboxylic acids is 1. The first-order chi connectivity index (χ1) is 21.4. The summed E-state index contributed by atoms with van der Waals surface area (Å²) in [5.74, 6) is 0.140. The molecule has 11 nitrogen and oxygen atoms in total. The lowest BCUT2D eigenvalue weighted by Gasteiger charge is -2.41. The summed E-state index contributed by atoms with van der Waals surface area (Å²) in [6.45, 7) is 0.996. The zero-order chi connectivity index (χ0) is 32.2. The van der Waals surface area contributed by atoms with Gasteiger partial charge in [-0.25, -0.2) is 10.1 Å². The van der Waals surface area contributed by atoms with Crippen molar-refractivity contribution in [3.8, 4) is 5.75 Å². The number of piperazine rings is 1. The standard InChI is InChI=1S/C28H29F6N7O4/c29-27(30,31)18-11-22-25(36-13-18)41-7-6-40(15-20(41)3-9-45-22)23(42)4-8-44-16-19(10-17-2-1-5-35-12-17)38-21-14-37-39-26(43)24(21)28(32,33)34/h1-2,5,11-14,19-20H,3-4,6-10,15-16H2,(H2,38,39,43). The van der Waals surface area contributed by atoms with E-state index in [0.29, 0.717) is 37.4 Å². The fraction of sp³-hybridized carbons (Fsp3) is 0.464. The van der Waals surface area contributed by atoms with Crippen LogP contribution in [0.1, 0.15) is 29.5 Å². The van der Waals surface area contributed by atoms with Crippen LogP contribution in [-0.2, 0) is 28.3 Å². The van der Waals surface area contributed by atoms with Gasteiger partial charge in [0.1, 0.15) is 5.56 Å². The van der Waals surface area contributed by atoms with Crippen LogP contribution in [-0.4, -0.2) is 82.5 Å². The number of hydrogen-bond donors (Lipinski definition) is 2. The Bertz CT molecular complexity index is 1540. The van der Waals surface area contributed by atoms with Gasteiger partial charge in [0.05, 0.1) is 55.8 Å². The normalized spacial score (nSPS) is 17.5. The van der Waals surface area contributed by atoms with E-state index in [1.807, 2.05) is 4.90 Å². The fourth-order valence-corrected chi connectivity index (χ4v) is 5.33. The van der Waals surface area contributed by atoms with Crippen LogP contribution in [0.25, 0.3) is 0 Å². The molecule has 0 bridgehead atoms. The Hall–Kier alpha value is -4.41. The minimum Gasteiger partial charge on any atom is -0.490 e. The summed E-state index contributed by atoms with van der Waals surface area (Å²) in [6.07, 6.45) is -4.05. The molecule has 242 valence electrons. The molecule has 0 aromatic carbocycles. The number of alkyl halides is 6. The molecule has 3 aromatic heterocycles. The van der Waals surface area contributed by atoms with Crippen molar-refractivity contribution in [2.45, 2.75) is 43.7 Å². The predicted molar refractivity (Wildman–Crippen MR) is 148 cm³/mol. The van der Waals surface area contributed by atoms with Gasteiger partial charge in [-0.15, -0.1) is 0 Å². The molecule has 2 aliphatic heterocycles. The Kier molecular flexibility index (Phi) is 9.45. The number of carbonyl (C=O) groups is 1. The van der Waals surface area contributed by atoms with Crippen LogP contribution in [0.4, 0.5) is 37.8 Å². The van der Waals surface area contributed by atoms with Gasteiger partial charge in [0, 0.05) is 44.6 Å². The van der Waals surface area contributed by atoms with Gasteiger partial charge in [0.15, 0.2) is 11.6 Å². The number of rotatable bonds is 9. The van der Waals surface area contributed by atoms with E-state index in [1.54, 1.807) is 34.5 Å². The topological polar surface area (TPSA) is 126 Å². The number of nitrogens with one attached hydrogen (secondary N) is 2. The number of halogens is 6. The summed E-state index contributed by atoms with van der Waals surface area (Å²) in [4.78, 5) is 36.5. The number of nitrogens with zero attached hydrogens (tertiary/aromatic N) is 5. The summed E-state index contributed by atoms with van der Waals surface area (Å²) in [5, 5.41) is 8.00. The van der Waals surface area contributed by atoms with Crippen LogP contribution in [0.2, 0.25) is 0 Å². The van der Waals surface area contributed by atoms with Gasteiger partial charge in [-0.3, -0.25) is 14.6 Å². The summed E-state index contributed by atoms with van der Waals surface area (Å²) in [6, 6.07) is 3.41. The average molecular weight is 642 g/mol. The highest BCUT2D eigenvalue weighted by Crippen LogP contribution is 2.38. The number of aromatic nitrogens is 4. The molecule has 1 amide bonds. The number of hydrogen-bond acceptors (Lipinski definition) is 9. The second-order valence-electron chi connectivity index (χ2n) is 10.6. The quantitative estimate of drug-likeness (QED) is 0.267. The van der Waals surface area contributed by atoms with E-state index in [0.717, 1.165) is 18.5 Å². The molecular formula is C28H29F6N7O4. The Labute approximate surface area is 252 Å². The van der Waals surface area contributed by atoms with E-state index in [9.17, 15) is 35.9 Å². The molecule has 2 unspecified atom stereocenters. The van der Waals surface area contributed by atoms with Gasteiger partial charge >= 0.3 is 12.4 Å². The van der Waals surface area contributed by atoms with E-state index < -0.39 is 40.8 Å². The van der Waals surface area contributed by atoms with Gasteiger partial charge in [0.25, 0.3) is 5.56 Å². The van der Waals surface area contributed by atoms with Crippen LogP contribution in [0, 0.1) is 0 Å². The molecule has 5 rings (SSSR count). The number of aromatic amines is 1. The highest BCUT2D eigenvalue weighted by Gasteiger charge is 2.38. The fourth-order valence-electron chi connectivity index (χ4n) is 5.33. The first-order valence-electron chi connectivity index (χ1n) is 14.0. The number of fused-ring (bicyclic) bond motifs is 3. The summed E-state index contributed by atoms with van der Waals surface area (Å²) in [5.41, 5.74) is -3.50. The number of amides is 1. The maximum atomic E-state index is 13.6. The second kappa shape index (κ2) is 13.3. The molecule has 1 saturated heterocycles. The largest absolute Gasteiger partial charge is 0.490 e. The summed E-state index contributed by atoms with van der Waals surface area (Å²) in [7, 11) is 0. The molecule has 0 aliphatic carbocycles. The minimum atomic E-state index is -4.93. The number of H-pyrrole nitrogens is 1. The van der Waals surface area contributed by atoms with Crippen LogP contribution < -0.4 is 20.5 Å². The molecule has 17 heteroatoms. The number of pyridine rings is 2. The van der Waals surface area contributed by atoms with Gasteiger partial charge in [0.2, 0.25) is 5.91 Å². The Morgan fingerprint density at radius 2 is 1.98 bits per heavy atom. The van der Waals surface area contributed by atoms with Gasteiger partial charge in [-0.2, -0.15) is 31.4 Å². The first-order valence-corrected chi connectivity index (χ1v) is 14.0. The van der Waals surface area contributed by atoms with Crippen molar-refractivity contribution in [3.05, 3.63) is 70.0 Å². The lowest BCUT2D eigenvalue weighted by molar-refractivity contribution is -0.138. The maximum absolute atomic E-state index is 13.6. The SMILES string of the molecule is O=C(CCOCC(Cc1cccnc1)Nc1cn[nH]c(=O)c1C(F)(F)F)N1CCN2c3ncc(C(F)(F)F)cc3OCCC2C1. The Morgan fingerprint density at radius 1 is 1.16 bits per heavy atom. The second-order valence-corrected chi connectivity index (χ2v) is 10.6. The summed E-state index contributed by atoms with van der Waals surface area (Å²) >= 11 is 0. The molecular weight excluding hydrogens is 612 g/mol. The van der Waals surface area contributed by atoms with Gasteiger partial charge in [-0.1, -0.05) is 6.07 Å². The zero-order valence-corrected chi connectivity index (χ0v) is 23.7. The van der Waals surface area contributed by atoms with Crippen molar-refractivity contribution in [3.63, 3.8) is 0 Å². The van der Waals surface area contributed by atoms with Crippen LogP contribution in [0.15, 0.2) is 47.8 Å². The van der Waals surface area contributed by atoms with Crippen LogP contribution in [0.3, 0.4) is 0 Å². The van der Waals surface area contributed by atoms with Crippen molar-refractivity contribution in [1.82, 2.24) is 25.1 Å². The number of anilines is 2. The molecule has 45 heavy (non-hydrogen) atoms. The van der Waals surface area contributed by atoms with Gasteiger partial charge in [-0.05, 0) is 24.1 Å². The zero-order valence-electron chi connectivity index (χ0n) is 23.7. The van der Waals surface area contributed by atoms with Crippen molar-refractivity contribution in [2.75, 3.05) is 49.7 Å². The van der Waals surface area contributed by atoms with Crippen molar-refractivity contribution in [1.29, 1.82) is 0 Å². The van der Waals surface area contributed by atoms with Crippen molar-refractivity contribution >= 4 is 17.4 Å². The van der Waals surface area contributed by atoms with E-state index in [2.05, 4.69) is 20.4 Å². The van der Waals surface area contributed by atoms with Crippen molar-refractivity contribution < 1.29 is 40.6 Å². The Balaban J connectivity index is 1.18.